The van der Waals surface area contributed by atoms with Crippen LogP contribution in [0, 0.1) is 6.92 Å². The first-order chi connectivity index (χ1) is 7.83. The molecule has 0 radical (unpaired) electrons. The van der Waals surface area contributed by atoms with E-state index in [0.29, 0.717) is 0 Å². The Balaban J connectivity index is 2.23. The Kier molecular flexibility index (Phi) is 2.51. The van der Waals surface area contributed by atoms with E-state index in [-0.39, 0.29) is 0 Å². The van der Waals surface area contributed by atoms with Gasteiger partial charge in [0.15, 0.2) is 0 Å². The summed E-state index contributed by atoms with van der Waals surface area (Å²) in [5, 5.41) is 0. The first kappa shape index (κ1) is 10.3. The molecule has 2 nitrogen and oxygen atoms in total. The molecule has 0 N–H and O–H groups in total. The minimum absolute atomic E-state index is 0.818. The average Bonchev–Trinajstić information content (AvgIpc) is 2.92. The van der Waals surface area contributed by atoms with E-state index in [9.17, 15) is 0 Å². The average molecular weight is 236 g/mol. The highest BCUT2D eigenvalue weighted by molar-refractivity contribution is 7.80. The van der Waals surface area contributed by atoms with Crippen molar-refractivity contribution in [3.05, 3.63) is 22.3 Å². The van der Waals surface area contributed by atoms with Crippen LogP contribution in [0.3, 0.4) is 0 Å². The molecule has 0 saturated heterocycles. The first-order valence-corrected chi connectivity index (χ1v) is 6.49. The van der Waals surface area contributed by atoms with Gasteiger partial charge in [-0.15, -0.1) is 0 Å². The van der Waals surface area contributed by atoms with Crippen LogP contribution in [0.15, 0.2) is 0 Å². The molecular formula is C13H16O2S. The lowest BCUT2D eigenvalue weighted by atomic mass is 9.94. The van der Waals surface area contributed by atoms with Crippen LogP contribution in [0.4, 0.5) is 0 Å². The Morgan fingerprint density at radius 1 is 1.06 bits per heavy atom. The second kappa shape index (κ2) is 3.88. The second-order valence-electron chi connectivity index (χ2n) is 4.39. The van der Waals surface area contributed by atoms with E-state index in [1.54, 1.807) is 0 Å². The van der Waals surface area contributed by atoms with Crippen LogP contribution in [-0.4, -0.2) is 19.0 Å². The van der Waals surface area contributed by atoms with E-state index in [2.05, 4.69) is 19.6 Å². The van der Waals surface area contributed by atoms with Gasteiger partial charge in [-0.1, -0.05) is 0 Å². The molecule has 0 amide bonds. The molecule has 0 saturated carbocycles. The molecule has 0 atom stereocenters. The molecule has 0 unspecified atom stereocenters. The van der Waals surface area contributed by atoms with E-state index in [0.717, 1.165) is 49.7 Å². The number of benzene rings is 1. The third-order valence-corrected chi connectivity index (χ3v) is 3.76. The van der Waals surface area contributed by atoms with Crippen molar-refractivity contribution in [3.63, 3.8) is 0 Å². The van der Waals surface area contributed by atoms with Crippen molar-refractivity contribution >= 4 is 12.6 Å². The third kappa shape index (κ3) is 1.34. The molecular weight excluding hydrogens is 220 g/mol. The first-order valence-electron chi connectivity index (χ1n) is 5.86. The van der Waals surface area contributed by atoms with Gasteiger partial charge in [0.1, 0.15) is 11.5 Å². The highest BCUT2D eigenvalue weighted by atomic mass is 32.1. The summed E-state index contributed by atoms with van der Waals surface area (Å²) in [5.74, 6) is 3.13. The molecule has 0 fully saturated rings. The van der Waals surface area contributed by atoms with Gasteiger partial charge in [-0.05, 0) is 24.7 Å². The zero-order valence-corrected chi connectivity index (χ0v) is 10.4. The molecule has 0 spiro atoms. The quantitative estimate of drug-likeness (QED) is 0.795. The minimum atomic E-state index is 0.818. The Labute approximate surface area is 101 Å². The van der Waals surface area contributed by atoms with Crippen LogP contribution in [0.25, 0.3) is 0 Å². The van der Waals surface area contributed by atoms with Gasteiger partial charge in [0, 0.05) is 29.5 Å². The Morgan fingerprint density at radius 3 is 2.50 bits per heavy atom. The van der Waals surface area contributed by atoms with Crippen LogP contribution in [0.2, 0.25) is 0 Å². The smallest absolute Gasteiger partial charge is 0.126 e. The molecule has 3 heteroatoms. The maximum Gasteiger partial charge on any atom is 0.126 e. The lowest BCUT2D eigenvalue weighted by Crippen LogP contribution is -1.99. The summed E-state index contributed by atoms with van der Waals surface area (Å²) < 4.78 is 11.6. The van der Waals surface area contributed by atoms with Gasteiger partial charge in [0.2, 0.25) is 0 Å². The van der Waals surface area contributed by atoms with E-state index >= 15 is 0 Å². The zero-order valence-electron chi connectivity index (χ0n) is 9.51. The van der Waals surface area contributed by atoms with Crippen molar-refractivity contribution < 1.29 is 9.47 Å². The summed E-state index contributed by atoms with van der Waals surface area (Å²) in [6.07, 6.45) is 3.03. The molecule has 2 aliphatic heterocycles. The third-order valence-electron chi connectivity index (χ3n) is 3.54. The van der Waals surface area contributed by atoms with Crippen LogP contribution in [0.1, 0.15) is 22.3 Å². The van der Waals surface area contributed by atoms with E-state index in [1.165, 1.54) is 22.3 Å². The number of thiol groups is 1. The fourth-order valence-electron chi connectivity index (χ4n) is 2.81. The Hall–Kier alpha value is -0.830. The van der Waals surface area contributed by atoms with Crippen LogP contribution >= 0.6 is 12.6 Å². The Morgan fingerprint density at radius 2 is 1.75 bits per heavy atom. The second-order valence-corrected chi connectivity index (χ2v) is 4.84. The molecule has 86 valence electrons. The van der Waals surface area contributed by atoms with Gasteiger partial charge in [-0.3, -0.25) is 0 Å². The van der Waals surface area contributed by atoms with Gasteiger partial charge in [-0.25, -0.2) is 0 Å². The van der Waals surface area contributed by atoms with Crippen molar-refractivity contribution in [1.29, 1.82) is 0 Å². The molecule has 1 aromatic carbocycles. The SMILES string of the molecule is Cc1c2c(c(CCS)c3c1OCC3)OCC2. The Bertz CT molecular complexity index is 405. The molecule has 2 heterocycles. The predicted molar refractivity (Wildman–Crippen MR) is 67.1 cm³/mol. The minimum Gasteiger partial charge on any atom is -0.493 e. The van der Waals surface area contributed by atoms with Crippen LogP contribution in [-0.2, 0) is 19.3 Å². The monoisotopic (exact) mass is 236 g/mol. The topological polar surface area (TPSA) is 18.5 Å². The summed E-state index contributed by atoms with van der Waals surface area (Å²) in [5.41, 5.74) is 5.37. The van der Waals surface area contributed by atoms with Crippen LogP contribution < -0.4 is 9.47 Å². The van der Waals surface area contributed by atoms with Crippen molar-refractivity contribution in [2.45, 2.75) is 26.2 Å². The van der Waals surface area contributed by atoms with Crippen molar-refractivity contribution in [2.75, 3.05) is 19.0 Å². The van der Waals surface area contributed by atoms with E-state index < -0.39 is 0 Å². The summed E-state index contributed by atoms with van der Waals surface area (Å²) in [7, 11) is 0. The standard InChI is InChI=1S/C13H16O2S/c1-8-9-2-5-15-13(9)11(4-7-16)10-3-6-14-12(8)10/h16H,2-7H2,1H3. The maximum absolute atomic E-state index is 5.80. The van der Waals surface area contributed by atoms with Crippen molar-refractivity contribution in [2.24, 2.45) is 0 Å². The highest BCUT2D eigenvalue weighted by Gasteiger charge is 2.28. The molecule has 0 bridgehead atoms. The normalized spacial score (nSPS) is 16.6. The summed E-state index contributed by atoms with van der Waals surface area (Å²) >= 11 is 4.34. The van der Waals surface area contributed by atoms with Crippen LogP contribution in [0.5, 0.6) is 11.5 Å². The molecule has 1 aromatic rings. The summed E-state index contributed by atoms with van der Waals surface area (Å²) in [6.45, 7) is 3.79. The highest BCUT2D eigenvalue weighted by Crippen LogP contribution is 2.44. The fraction of sp³-hybridized carbons (Fsp3) is 0.538. The number of ether oxygens (including phenoxy) is 2. The zero-order chi connectivity index (χ0) is 11.1. The van der Waals surface area contributed by atoms with Gasteiger partial charge < -0.3 is 9.47 Å². The van der Waals surface area contributed by atoms with Gasteiger partial charge in [0.05, 0.1) is 13.2 Å². The van der Waals surface area contributed by atoms with Gasteiger partial charge >= 0.3 is 0 Å². The largest absolute Gasteiger partial charge is 0.493 e. The number of hydrogen-bond donors (Lipinski definition) is 1. The molecule has 0 aliphatic carbocycles. The van der Waals surface area contributed by atoms with E-state index in [1.807, 2.05) is 0 Å². The lowest BCUT2D eigenvalue weighted by molar-refractivity contribution is 0.353. The summed E-state index contributed by atoms with van der Waals surface area (Å²) in [4.78, 5) is 0. The number of rotatable bonds is 2. The lowest BCUT2D eigenvalue weighted by Gasteiger charge is -2.14. The number of fused-ring (bicyclic) bond motifs is 2. The molecule has 0 aromatic heterocycles. The van der Waals surface area contributed by atoms with E-state index in [4.69, 9.17) is 9.47 Å². The summed E-state index contributed by atoms with van der Waals surface area (Å²) in [6, 6.07) is 0. The molecule has 3 rings (SSSR count). The maximum atomic E-state index is 5.80. The number of hydrogen-bond acceptors (Lipinski definition) is 3. The van der Waals surface area contributed by atoms with Gasteiger partial charge in [0.25, 0.3) is 0 Å². The molecule has 2 aliphatic rings. The van der Waals surface area contributed by atoms with Gasteiger partial charge in [-0.2, -0.15) is 12.6 Å². The fourth-order valence-corrected chi connectivity index (χ4v) is 3.04. The van der Waals surface area contributed by atoms with Crippen molar-refractivity contribution in [3.8, 4) is 11.5 Å². The molecule has 16 heavy (non-hydrogen) atoms. The van der Waals surface area contributed by atoms with Crippen molar-refractivity contribution in [1.82, 2.24) is 0 Å². The predicted octanol–water partition coefficient (Wildman–Crippen LogP) is 2.34.